The number of ether oxygens (including phenoxy) is 1. The molecule has 0 aliphatic heterocycles. The predicted molar refractivity (Wildman–Crippen MR) is 69.4 cm³/mol. The van der Waals surface area contributed by atoms with Crippen molar-refractivity contribution in [3.05, 3.63) is 59.7 Å². The smallest absolute Gasteiger partial charge is 0.429 e. The van der Waals surface area contributed by atoms with Gasteiger partial charge < -0.3 is 9.84 Å². The second-order valence-corrected chi connectivity index (χ2v) is 4.30. The fourth-order valence-corrected chi connectivity index (χ4v) is 1.78. The van der Waals surface area contributed by atoms with Gasteiger partial charge in [0.25, 0.3) is 0 Å². The highest BCUT2D eigenvalue weighted by Crippen LogP contribution is 2.39. The molecule has 0 saturated heterocycles. The van der Waals surface area contributed by atoms with E-state index in [1.54, 1.807) is 6.07 Å². The summed E-state index contributed by atoms with van der Waals surface area (Å²) in [6.07, 6.45) is -6.44. The van der Waals surface area contributed by atoms with Crippen molar-refractivity contribution in [2.45, 2.75) is 12.3 Å². The van der Waals surface area contributed by atoms with E-state index in [1.807, 2.05) is 0 Å². The number of benzene rings is 2. The molecule has 1 atom stereocenters. The van der Waals surface area contributed by atoms with Crippen molar-refractivity contribution in [2.24, 2.45) is 0 Å². The van der Waals surface area contributed by atoms with Crippen LogP contribution in [-0.2, 0) is 0 Å². The lowest BCUT2D eigenvalue weighted by Gasteiger charge is -2.22. The van der Waals surface area contributed by atoms with E-state index in [-0.39, 0.29) is 11.1 Å². The van der Waals surface area contributed by atoms with E-state index in [0.29, 0.717) is 6.29 Å². The Balaban J connectivity index is 2.39. The van der Waals surface area contributed by atoms with Crippen molar-refractivity contribution in [1.82, 2.24) is 0 Å². The first-order valence-electron chi connectivity index (χ1n) is 5.98. The van der Waals surface area contributed by atoms with Gasteiger partial charge in [0, 0.05) is 11.1 Å². The maximum atomic E-state index is 13.1. The molecule has 0 aliphatic rings. The molecule has 0 aromatic heterocycles. The van der Waals surface area contributed by atoms with Gasteiger partial charge in [-0.05, 0) is 18.2 Å². The van der Waals surface area contributed by atoms with E-state index in [1.165, 1.54) is 30.3 Å². The highest BCUT2D eigenvalue weighted by Gasteiger charge is 2.43. The molecule has 0 radical (unpaired) electrons. The van der Waals surface area contributed by atoms with E-state index < -0.39 is 23.8 Å². The molecule has 0 fully saturated rings. The van der Waals surface area contributed by atoms with Crippen LogP contribution in [0, 0.1) is 0 Å². The summed E-state index contributed by atoms with van der Waals surface area (Å²) in [7, 11) is 0. The highest BCUT2D eigenvalue weighted by atomic mass is 19.4. The Labute approximate surface area is 118 Å². The monoisotopic (exact) mass is 296 g/mol. The van der Waals surface area contributed by atoms with Gasteiger partial charge in [0.05, 0.1) is 0 Å². The average Bonchev–Trinajstić information content (AvgIpc) is 2.46. The maximum absolute atomic E-state index is 13.1. The number of alkyl halides is 3. The Hall–Kier alpha value is -2.50. The van der Waals surface area contributed by atoms with Crippen LogP contribution in [0.1, 0.15) is 22.0 Å². The number of phenols is 1. The van der Waals surface area contributed by atoms with Gasteiger partial charge >= 0.3 is 6.18 Å². The van der Waals surface area contributed by atoms with Crippen LogP contribution in [0.25, 0.3) is 0 Å². The minimum atomic E-state index is -4.66. The SMILES string of the molecule is O=Cc1ccc(O)c(OC(c2ccccc2)C(F)(F)F)c1. The van der Waals surface area contributed by atoms with Crippen molar-refractivity contribution in [3.63, 3.8) is 0 Å². The number of hydrogen-bond donors (Lipinski definition) is 1. The number of halogens is 3. The first-order valence-corrected chi connectivity index (χ1v) is 5.98. The summed E-state index contributed by atoms with van der Waals surface area (Å²) in [6.45, 7) is 0. The van der Waals surface area contributed by atoms with E-state index in [2.05, 4.69) is 0 Å². The molecule has 1 unspecified atom stereocenters. The predicted octanol–water partition coefficient (Wildman–Crippen LogP) is 3.89. The van der Waals surface area contributed by atoms with Gasteiger partial charge in [0.15, 0.2) is 11.5 Å². The molecule has 2 aromatic rings. The molecule has 0 heterocycles. The van der Waals surface area contributed by atoms with Crippen LogP contribution in [0.5, 0.6) is 11.5 Å². The fourth-order valence-electron chi connectivity index (χ4n) is 1.78. The van der Waals surface area contributed by atoms with Gasteiger partial charge in [-0.2, -0.15) is 13.2 Å². The molecule has 0 saturated carbocycles. The van der Waals surface area contributed by atoms with Gasteiger partial charge in [-0.1, -0.05) is 30.3 Å². The molecular formula is C15H11F3O3. The Morgan fingerprint density at radius 1 is 1.10 bits per heavy atom. The summed E-state index contributed by atoms with van der Waals surface area (Å²) in [6, 6.07) is 10.5. The number of phenolic OH excluding ortho intramolecular Hbond substituents is 1. The standard InChI is InChI=1S/C15H11F3O3/c16-15(17,18)14(11-4-2-1-3-5-11)21-13-8-10(9-19)6-7-12(13)20/h1-9,14,20H. The average molecular weight is 296 g/mol. The molecular weight excluding hydrogens is 285 g/mol. The molecule has 0 amide bonds. The van der Waals surface area contributed by atoms with Crippen molar-refractivity contribution in [3.8, 4) is 11.5 Å². The maximum Gasteiger partial charge on any atom is 0.429 e. The zero-order chi connectivity index (χ0) is 15.5. The Kier molecular flexibility index (Phi) is 4.16. The summed E-state index contributed by atoms with van der Waals surface area (Å²) in [5, 5.41) is 9.58. The summed E-state index contributed by atoms with van der Waals surface area (Å²) in [4.78, 5) is 10.7. The van der Waals surface area contributed by atoms with E-state index in [9.17, 15) is 23.1 Å². The number of aromatic hydroxyl groups is 1. The molecule has 6 heteroatoms. The normalized spacial score (nSPS) is 12.7. The van der Waals surface area contributed by atoms with Crippen molar-refractivity contribution >= 4 is 6.29 Å². The van der Waals surface area contributed by atoms with Crippen LogP contribution >= 0.6 is 0 Å². The van der Waals surface area contributed by atoms with Crippen LogP contribution in [-0.4, -0.2) is 17.6 Å². The molecule has 2 rings (SSSR count). The number of carbonyl (C=O) groups excluding carboxylic acids is 1. The molecule has 2 aromatic carbocycles. The second-order valence-electron chi connectivity index (χ2n) is 4.30. The minimum absolute atomic E-state index is 0.0964. The van der Waals surface area contributed by atoms with Crippen LogP contribution in [0.2, 0.25) is 0 Å². The van der Waals surface area contributed by atoms with E-state index in [4.69, 9.17) is 4.74 Å². The van der Waals surface area contributed by atoms with Crippen LogP contribution < -0.4 is 4.74 Å². The molecule has 1 N–H and O–H groups in total. The van der Waals surface area contributed by atoms with Crippen LogP contribution in [0.3, 0.4) is 0 Å². The zero-order valence-electron chi connectivity index (χ0n) is 10.7. The fraction of sp³-hybridized carbons (Fsp3) is 0.133. The van der Waals surface area contributed by atoms with Crippen LogP contribution in [0.15, 0.2) is 48.5 Å². The first-order chi connectivity index (χ1) is 9.91. The third-order valence-corrected chi connectivity index (χ3v) is 2.76. The third kappa shape index (κ3) is 3.53. The Morgan fingerprint density at radius 3 is 2.33 bits per heavy atom. The Bertz CT molecular complexity index is 624. The summed E-state index contributed by atoms with van der Waals surface area (Å²) < 4.78 is 44.3. The summed E-state index contributed by atoms with van der Waals surface area (Å²) in [5.74, 6) is -0.864. The van der Waals surface area contributed by atoms with Crippen LogP contribution in [0.4, 0.5) is 13.2 Å². The zero-order valence-corrected chi connectivity index (χ0v) is 10.7. The van der Waals surface area contributed by atoms with Gasteiger partial charge in [-0.3, -0.25) is 4.79 Å². The lowest BCUT2D eigenvalue weighted by atomic mass is 10.1. The highest BCUT2D eigenvalue weighted by molar-refractivity contribution is 5.76. The van der Waals surface area contributed by atoms with E-state index >= 15 is 0 Å². The topological polar surface area (TPSA) is 46.5 Å². The largest absolute Gasteiger partial charge is 0.504 e. The van der Waals surface area contributed by atoms with Crippen molar-refractivity contribution in [1.29, 1.82) is 0 Å². The molecule has 0 aliphatic carbocycles. The van der Waals surface area contributed by atoms with E-state index in [0.717, 1.165) is 12.1 Å². The van der Waals surface area contributed by atoms with Gasteiger partial charge in [0.1, 0.15) is 6.29 Å². The summed E-state index contributed by atoms with van der Waals surface area (Å²) >= 11 is 0. The number of aldehydes is 1. The lowest BCUT2D eigenvalue weighted by Crippen LogP contribution is -2.26. The van der Waals surface area contributed by atoms with Gasteiger partial charge in [-0.25, -0.2) is 0 Å². The van der Waals surface area contributed by atoms with Gasteiger partial charge in [0.2, 0.25) is 6.10 Å². The molecule has 3 nitrogen and oxygen atoms in total. The molecule has 0 spiro atoms. The molecule has 21 heavy (non-hydrogen) atoms. The first kappa shape index (κ1) is 14.9. The summed E-state index contributed by atoms with van der Waals surface area (Å²) in [5.41, 5.74) is 0.0118. The second kappa shape index (κ2) is 5.87. The third-order valence-electron chi connectivity index (χ3n) is 2.76. The van der Waals surface area contributed by atoms with Crippen molar-refractivity contribution in [2.75, 3.05) is 0 Å². The molecule has 0 bridgehead atoms. The Morgan fingerprint density at radius 2 is 1.76 bits per heavy atom. The molecule has 110 valence electrons. The quantitative estimate of drug-likeness (QED) is 0.871. The number of carbonyl (C=O) groups is 1. The lowest BCUT2D eigenvalue weighted by molar-refractivity contribution is -0.198. The van der Waals surface area contributed by atoms with Gasteiger partial charge in [-0.15, -0.1) is 0 Å². The minimum Gasteiger partial charge on any atom is -0.504 e. The number of rotatable bonds is 4. The number of hydrogen-bond acceptors (Lipinski definition) is 3. The van der Waals surface area contributed by atoms with Crippen molar-refractivity contribution < 1.29 is 27.8 Å².